The van der Waals surface area contributed by atoms with Gasteiger partial charge in [-0.2, -0.15) is 10.2 Å². The number of hydrogen-bond acceptors (Lipinski definition) is 7. The van der Waals surface area contributed by atoms with Crippen LogP contribution in [0.4, 0.5) is 23.1 Å². The number of likely N-dealkylation sites (N-methyl/N-ethyl adjacent to an activating group) is 1. The number of nitriles is 1. The predicted molar refractivity (Wildman–Crippen MR) is 124 cm³/mol. The van der Waals surface area contributed by atoms with Crippen LogP contribution in [0.15, 0.2) is 54.9 Å². The molecule has 7 heteroatoms. The number of anilines is 4. The molecule has 4 rings (SSSR count). The first-order valence-corrected chi connectivity index (χ1v) is 10.7. The topological polar surface area (TPSA) is 81.0 Å². The Bertz CT molecular complexity index is 1060. The fourth-order valence-electron chi connectivity index (χ4n) is 3.94. The van der Waals surface area contributed by atoms with E-state index in [0.717, 1.165) is 49.6 Å². The zero-order chi connectivity index (χ0) is 21.6. The summed E-state index contributed by atoms with van der Waals surface area (Å²) in [4.78, 5) is 18.3. The quantitative estimate of drug-likeness (QED) is 0.623. The lowest BCUT2D eigenvalue weighted by molar-refractivity contribution is 0.692. The average Bonchev–Trinajstić information content (AvgIpc) is 3.30. The van der Waals surface area contributed by atoms with E-state index >= 15 is 0 Å². The summed E-state index contributed by atoms with van der Waals surface area (Å²) < 4.78 is 0. The molecule has 2 aromatic heterocycles. The Morgan fingerprint density at radius 1 is 1.19 bits per heavy atom. The summed E-state index contributed by atoms with van der Waals surface area (Å²) in [5.74, 6) is 1.52. The van der Waals surface area contributed by atoms with Gasteiger partial charge in [0, 0.05) is 61.7 Å². The molecule has 1 aromatic carbocycles. The fourth-order valence-corrected chi connectivity index (χ4v) is 3.94. The summed E-state index contributed by atoms with van der Waals surface area (Å²) in [5.41, 5.74) is 3.63. The summed E-state index contributed by atoms with van der Waals surface area (Å²) in [6.45, 7) is 4.01. The molecule has 3 aromatic rings. The van der Waals surface area contributed by atoms with Crippen LogP contribution in [0, 0.1) is 11.3 Å². The lowest BCUT2D eigenvalue weighted by atomic mass is 10.2. The first-order valence-electron chi connectivity index (χ1n) is 10.7. The lowest BCUT2D eigenvalue weighted by Crippen LogP contribution is -2.34. The number of hydrogen-bond donors (Lipinski definition) is 1. The maximum absolute atomic E-state index is 9.16. The standard InChI is InChI=1S/C24H27N7/c1-3-5-19-15-23(29-24(27-19)28-20-7-4-6-18(14-20)16-25)31-13-10-22(17-31)30(2)21-8-11-26-12-9-21/h4,6-9,11-12,14-15,22H,3,5,10,13,17H2,1-2H3,(H,27,28,29)/t22-/m0/s1. The van der Waals surface area contributed by atoms with Crippen LogP contribution in [0.2, 0.25) is 0 Å². The first-order chi connectivity index (χ1) is 15.2. The smallest absolute Gasteiger partial charge is 0.229 e. The van der Waals surface area contributed by atoms with Crippen molar-refractivity contribution in [3.05, 3.63) is 66.1 Å². The Morgan fingerprint density at radius 3 is 2.81 bits per heavy atom. The van der Waals surface area contributed by atoms with E-state index in [1.54, 1.807) is 6.07 Å². The minimum atomic E-state index is 0.413. The van der Waals surface area contributed by atoms with Crippen LogP contribution in [0.5, 0.6) is 0 Å². The molecule has 3 heterocycles. The second-order valence-electron chi connectivity index (χ2n) is 7.81. The molecular formula is C24H27N7. The van der Waals surface area contributed by atoms with Crippen LogP contribution in [0.25, 0.3) is 0 Å². The Morgan fingerprint density at radius 2 is 2.03 bits per heavy atom. The van der Waals surface area contributed by atoms with Crippen molar-refractivity contribution in [2.24, 2.45) is 0 Å². The molecule has 0 saturated carbocycles. The zero-order valence-electron chi connectivity index (χ0n) is 18.0. The van der Waals surface area contributed by atoms with E-state index in [2.05, 4.69) is 46.2 Å². The molecule has 0 spiro atoms. The Hall–Kier alpha value is -3.66. The molecule has 1 fully saturated rings. The summed E-state index contributed by atoms with van der Waals surface area (Å²) >= 11 is 0. The van der Waals surface area contributed by atoms with Gasteiger partial charge in [-0.3, -0.25) is 4.98 Å². The van der Waals surface area contributed by atoms with Crippen LogP contribution in [-0.4, -0.2) is 41.1 Å². The van der Waals surface area contributed by atoms with E-state index in [9.17, 15) is 0 Å². The molecule has 31 heavy (non-hydrogen) atoms. The van der Waals surface area contributed by atoms with Gasteiger partial charge in [-0.25, -0.2) is 4.98 Å². The highest BCUT2D eigenvalue weighted by Crippen LogP contribution is 2.26. The normalized spacial score (nSPS) is 15.5. The minimum Gasteiger partial charge on any atom is -0.370 e. The molecule has 1 atom stereocenters. The number of aromatic nitrogens is 3. The molecule has 1 aliphatic heterocycles. The van der Waals surface area contributed by atoms with Gasteiger partial charge in [0.15, 0.2) is 0 Å². The second-order valence-corrected chi connectivity index (χ2v) is 7.81. The van der Waals surface area contributed by atoms with Crippen LogP contribution >= 0.6 is 0 Å². The number of aryl methyl sites for hydroxylation is 1. The second kappa shape index (κ2) is 9.43. The van der Waals surface area contributed by atoms with Crippen LogP contribution in [-0.2, 0) is 6.42 Å². The molecule has 0 radical (unpaired) electrons. The van der Waals surface area contributed by atoms with E-state index in [4.69, 9.17) is 15.2 Å². The molecular weight excluding hydrogens is 386 g/mol. The molecule has 158 valence electrons. The van der Waals surface area contributed by atoms with Gasteiger partial charge < -0.3 is 15.1 Å². The van der Waals surface area contributed by atoms with Crippen LogP contribution in [0.3, 0.4) is 0 Å². The third-order valence-electron chi connectivity index (χ3n) is 5.62. The SMILES string of the molecule is CCCc1cc(N2CC[C@H](N(C)c3ccncc3)C2)nc(Nc2cccc(C#N)c2)n1. The summed E-state index contributed by atoms with van der Waals surface area (Å²) in [7, 11) is 2.14. The van der Waals surface area contributed by atoms with Crippen molar-refractivity contribution in [3.63, 3.8) is 0 Å². The van der Waals surface area contributed by atoms with E-state index in [0.29, 0.717) is 17.6 Å². The molecule has 0 aliphatic carbocycles. The van der Waals surface area contributed by atoms with Gasteiger partial charge in [0.25, 0.3) is 0 Å². The van der Waals surface area contributed by atoms with Gasteiger partial charge >= 0.3 is 0 Å². The lowest BCUT2D eigenvalue weighted by Gasteiger charge is -2.27. The molecule has 1 saturated heterocycles. The molecule has 7 nitrogen and oxygen atoms in total. The van der Waals surface area contributed by atoms with Gasteiger partial charge in [-0.05, 0) is 43.2 Å². The minimum absolute atomic E-state index is 0.413. The van der Waals surface area contributed by atoms with Gasteiger partial charge in [-0.1, -0.05) is 19.4 Å². The van der Waals surface area contributed by atoms with E-state index in [-0.39, 0.29) is 0 Å². The van der Waals surface area contributed by atoms with E-state index < -0.39 is 0 Å². The predicted octanol–water partition coefficient (Wildman–Crippen LogP) is 4.15. The van der Waals surface area contributed by atoms with E-state index in [1.165, 1.54) is 5.69 Å². The Kier molecular flexibility index (Phi) is 6.27. The Labute approximate surface area is 183 Å². The molecule has 1 N–H and O–H groups in total. The van der Waals surface area contributed by atoms with Crippen molar-refractivity contribution >= 4 is 23.1 Å². The summed E-state index contributed by atoms with van der Waals surface area (Å²) in [6.07, 6.45) is 6.65. The number of benzene rings is 1. The van der Waals surface area contributed by atoms with Crippen molar-refractivity contribution in [3.8, 4) is 6.07 Å². The monoisotopic (exact) mass is 413 g/mol. The van der Waals surface area contributed by atoms with Gasteiger partial charge in [0.2, 0.25) is 5.95 Å². The molecule has 0 bridgehead atoms. The third kappa shape index (κ3) is 4.92. The van der Waals surface area contributed by atoms with Crippen molar-refractivity contribution in [1.82, 2.24) is 15.0 Å². The fraction of sp³-hybridized carbons (Fsp3) is 0.333. The van der Waals surface area contributed by atoms with Crippen molar-refractivity contribution < 1.29 is 0 Å². The maximum Gasteiger partial charge on any atom is 0.229 e. The van der Waals surface area contributed by atoms with Crippen molar-refractivity contribution in [2.75, 3.05) is 35.3 Å². The van der Waals surface area contributed by atoms with Crippen molar-refractivity contribution in [1.29, 1.82) is 5.26 Å². The number of nitrogens with zero attached hydrogens (tertiary/aromatic N) is 6. The highest BCUT2D eigenvalue weighted by Gasteiger charge is 2.27. The number of rotatable bonds is 7. The van der Waals surface area contributed by atoms with Crippen LogP contribution < -0.4 is 15.1 Å². The molecule has 0 unspecified atom stereocenters. The maximum atomic E-state index is 9.16. The number of pyridine rings is 1. The molecule has 1 aliphatic rings. The Balaban J connectivity index is 1.54. The largest absolute Gasteiger partial charge is 0.370 e. The molecule has 0 amide bonds. The first kappa shape index (κ1) is 20.6. The van der Waals surface area contributed by atoms with Crippen LogP contribution in [0.1, 0.15) is 31.0 Å². The van der Waals surface area contributed by atoms with Gasteiger partial charge in [0.1, 0.15) is 5.82 Å². The highest BCUT2D eigenvalue weighted by molar-refractivity contribution is 5.58. The zero-order valence-corrected chi connectivity index (χ0v) is 18.0. The summed E-state index contributed by atoms with van der Waals surface area (Å²) in [6, 6.07) is 16.2. The average molecular weight is 414 g/mol. The van der Waals surface area contributed by atoms with Gasteiger partial charge in [-0.15, -0.1) is 0 Å². The third-order valence-corrected chi connectivity index (χ3v) is 5.62. The van der Waals surface area contributed by atoms with E-state index in [1.807, 2.05) is 42.7 Å². The van der Waals surface area contributed by atoms with Crippen molar-refractivity contribution in [2.45, 2.75) is 32.2 Å². The highest BCUT2D eigenvalue weighted by atomic mass is 15.3. The van der Waals surface area contributed by atoms with Gasteiger partial charge in [0.05, 0.1) is 11.6 Å². The summed E-state index contributed by atoms with van der Waals surface area (Å²) in [5, 5.41) is 12.4. The number of nitrogens with one attached hydrogen (secondary N) is 1.